The molecule has 0 saturated heterocycles. The van der Waals surface area contributed by atoms with E-state index in [4.69, 9.17) is 12.6 Å². The molecule has 4 heteroatoms. The third kappa shape index (κ3) is 4.83. The van der Waals surface area contributed by atoms with Crippen LogP contribution < -0.4 is 0 Å². The Kier molecular flexibility index (Phi) is 4.92. The molecule has 0 rings (SSSR count). The van der Waals surface area contributed by atoms with Crippen molar-refractivity contribution in [2.45, 2.75) is 39.2 Å². The molecule has 0 spiro atoms. The molecule has 0 aliphatic rings. The van der Waals surface area contributed by atoms with Gasteiger partial charge in [0.05, 0.1) is 5.68 Å². The molecule has 0 heterocycles. The number of ether oxygens (including phenoxy) is 1. The summed E-state index contributed by atoms with van der Waals surface area (Å²) in [6.45, 7) is 5.69. The number of Topliss-reactive ketones (excluding diaryl/α,β-unsaturated/α-hetero) is 1. The Bertz CT molecular complexity index is 199. The molecular weight excluding hydrogens is 167 g/mol. The van der Waals surface area contributed by atoms with Crippen LogP contribution in [-0.2, 0) is 14.3 Å². The molecule has 0 bridgehead atoms. The lowest BCUT2D eigenvalue weighted by molar-refractivity contribution is -0.140. The third-order valence-corrected chi connectivity index (χ3v) is 1.78. The molecule has 72 valence electrons. The van der Waals surface area contributed by atoms with Crippen molar-refractivity contribution >= 4 is 19.3 Å². The summed E-state index contributed by atoms with van der Waals surface area (Å²) in [6, 6.07) is 0. The predicted molar refractivity (Wildman–Crippen MR) is 50.7 cm³/mol. The molecule has 0 amide bonds. The van der Waals surface area contributed by atoms with E-state index in [9.17, 15) is 9.59 Å². The fourth-order valence-electron chi connectivity index (χ4n) is 0.979. The van der Waals surface area contributed by atoms with Gasteiger partial charge in [0.15, 0.2) is 13.6 Å². The van der Waals surface area contributed by atoms with Crippen LogP contribution in [0.5, 0.6) is 0 Å². The summed E-state index contributed by atoms with van der Waals surface area (Å²) in [5, 5.41) is 0. The predicted octanol–water partition coefficient (Wildman–Crippen LogP) is 0.846. The highest BCUT2D eigenvalue weighted by molar-refractivity contribution is 6.57. The molecule has 0 atom stereocenters. The average molecular weight is 182 g/mol. The molecule has 0 aromatic carbocycles. The number of ketones is 1. The number of carbonyl (C=O) groups is 2. The molecular formula is C9H15BO3. The van der Waals surface area contributed by atoms with Crippen molar-refractivity contribution in [2.75, 3.05) is 6.61 Å². The summed E-state index contributed by atoms with van der Waals surface area (Å²) >= 11 is 0. The van der Waals surface area contributed by atoms with Gasteiger partial charge in [-0.1, -0.05) is 0 Å². The van der Waals surface area contributed by atoms with Crippen LogP contribution in [0.1, 0.15) is 33.6 Å². The molecule has 13 heavy (non-hydrogen) atoms. The first kappa shape index (κ1) is 12.4. The van der Waals surface area contributed by atoms with Gasteiger partial charge in [-0.2, -0.15) is 0 Å². The van der Waals surface area contributed by atoms with Crippen LogP contribution in [0.4, 0.5) is 0 Å². The minimum absolute atomic E-state index is 0.0897. The first-order valence-electron chi connectivity index (χ1n) is 4.35. The van der Waals surface area contributed by atoms with Crippen molar-refractivity contribution in [1.29, 1.82) is 0 Å². The minimum atomic E-state index is -0.801. The van der Waals surface area contributed by atoms with E-state index in [1.807, 2.05) is 6.92 Å². The summed E-state index contributed by atoms with van der Waals surface area (Å²) in [6.07, 6.45) is 0.248. The van der Waals surface area contributed by atoms with Gasteiger partial charge in [-0.3, -0.25) is 4.79 Å². The zero-order chi connectivity index (χ0) is 10.5. The van der Waals surface area contributed by atoms with Crippen LogP contribution in [0.2, 0.25) is 0 Å². The van der Waals surface area contributed by atoms with Gasteiger partial charge < -0.3 is 9.53 Å². The molecule has 0 aromatic heterocycles. The summed E-state index contributed by atoms with van der Waals surface area (Å²) in [7, 11) is 4.93. The Balaban J connectivity index is 4.01. The topological polar surface area (TPSA) is 43.4 Å². The van der Waals surface area contributed by atoms with Crippen LogP contribution in [0.3, 0.4) is 0 Å². The van der Waals surface area contributed by atoms with Crippen molar-refractivity contribution in [1.82, 2.24) is 0 Å². The Labute approximate surface area is 80.2 Å². The first-order valence-corrected chi connectivity index (χ1v) is 4.35. The second kappa shape index (κ2) is 5.17. The van der Waals surface area contributed by atoms with Crippen LogP contribution in [0.25, 0.3) is 0 Å². The highest BCUT2D eigenvalue weighted by Gasteiger charge is 2.26. The van der Waals surface area contributed by atoms with Crippen molar-refractivity contribution in [3.05, 3.63) is 0 Å². The van der Waals surface area contributed by atoms with E-state index in [1.54, 1.807) is 13.8 Å². The molecule has 0 saturated carbocycles. The normalized spacial score (nSPS) is 11.3. The lowest BCUT2D eigenvalue weighted by Gasteiger charge is -2.22. The Morgan fingerprint density at radius 2 is 1.85 bits per heavy atom. The van der Waals surface area contributed by atoms with E-state index in [-0.39, 0.29) is 18.6 Å². The standard InChI is InChI=1S/C9H15BO3/c1-4-13-9(2,3)7(11)5-6-8(10)12/h4-6H2,1-3H3. The maximum Gasteiger partial charge on any atom is 0.167 e. The largest absolute Gasteiger partial charge is 0.368 e. The lowest BCUT2D eigenvalue weighted by Crippen LogP contribution is -2.35. The second-order valence-corrected chi connectivity index (χ2v) is 3.33. The number of carbonyl (C=O) groups excluding carboxylic acids is 2. The van der Waals surface area contributed by atoms with Crippen LogP contribution in [0, 0.1) is 0 Å². The van der Waals surface area contributed by atoms with Gasteiger partial charge in [-0.05, 0) is 20.8 Å². The molecule has 0 unspecified atom stereocenters. The van der Waals surface area contributed by atoms with Gasteiger partial charge in [0.25, 0.3) is 0 Å². The summed E-state index contributed by atoms with van der Waals surface area (Å²) in [5.74, 6) is -0.0897. The molecule has 2 radical (unpaired) electrons. The quantitative estimate of drug-likeness (QED) is 0.571. The smallest absolute Gasteiger partial charge is 0.167 e. The van der Waals surface area contributed by atoms with Crippen molar-refractivity contribution in [3.8, 4) is 0 Å². The van der Waals surface area contributed by atoms with Gasteiger partial charge in [0, 0.05) is 19.4 Å². The zero-order valence-electron chi connectivity index (χ0n) is 8.42. The van der Waals surface area contributed by atoms with E-state index in [1.165, 1.54) is 0 Å². The van der Waals surface area contributed by atoms with Gasteiger partial charge in [0.1, 0.15) is 5.60 Å². The number of rotatable bonds is 6. The van der Waals surface area contributed by atoms with Crippen LogP contribution in [-0.4, -0.2) is 31.5 Å². The third-order valence-electron chi connectivity index (χ3n) is 1.78. The van der Waals surface area contributed by atoms with Crippen LogP contribution >= 0.6 is 0 Å². The van der Waals surface area contributed by atoms with E-state index in [0.717, 1.165) is 0 Å². The summed E-state index contributed by atoms with van der Waals surface area (Å²) < 4.78 is 5.22. The minimum Gasteiger partial charge on any atom is -0.368 e. The maximum absolute atomic E-state index is 11.4. The first-order chi connectivity index (χ1) is 5.90. The van der Waals surface area contributed by atoms with E-state index >= 15 is 0 Å². The SMILES string of the molecule is [B]C(=O)CCC(=O)C(C)(C)OCC. The van der Waals surface area contributed by atoms with Gasteiger partial charge in [0.2, 0.25) is 0 Å². The molecule has 0 aromatic rings. The van der Waals surface area contributed by atoms with Gasteiger partial charge >= 0.3 is 0 Å². The lowest BCUT2D eigenvalue weighted by atomic mass is 9.92. The van der Waals surface area contributed by atoms with Gasteiger partial charge in [-0.15, -0.1) is 0 Å². The Morgan fingerprint density at radius 3 is 2.23 bits per heavy atom. The summed E-state index contributed by atoms with van der Waals surface area (Å²) in [4.78, 5) is 21.8. The highest BCUT2D eigenvalue weighted by atomic mass is 16.5. The fourth-order valence-corrected chi connectivity index (χ4v) is 0.979. The van der Waals surface area contributed by atoms with Crippen molar-refractivity contribution < 1.29 is 14.3 Å². The zero-order valence-corrected chi connectivity index (χ0v) is 8.42. The average Bonchev–Trinajstić information content (AvgIpc) is 1.99. The van der Waals surface area contributed by atoms with E-state index in [2.05, 4.69) is 0 Å². The maximum atomic E-state index is 11.4. The highest BCUT2D eigenvalue weighted by Crippen LogP contribution is 2.13. The van der Waals surface area contributed by atoms with E-state index in [0.29, 0.717) is 6.61 Å². The summed E-state index contributed by atoms with van der Waals surface area (Å²) in [5.41, 5.74) is -1.26. The van der Waals surface area contributed by atoms with Crippen LogP contribution in [0.15, 0.2) is 0 Å². The second-order valence-electron chi connectivity index (χ2n) is 3.33. The molecule has 0 aliphatic heterocycles. The fraction of sp³-hybridized carbons (Fsp3) is 0.778. The molecule has 0 aliphatic carbocycles. The number of hydrogen-bond donors (Lipinski definition) is 0. The van der Waals surface area contributed by atoms with Crippen molar-refractivity contribution in [2.24, 2.45) is 0 Å². The Morgan fingerprint density at radius 1 is 1.31 bits per heavy atom. The molecule has 3 nitrogen and oxygen atoms in total. The van der Waals surface area contributed by atoms with Crippen molar-refractivity contribution in [3.63, 3.8) is 0 Å². The molecule has 0 fully saturated rings. The number of hydrogen-bond acceptors (Lipinski definition) is 3. The Hall–Kier alpha value is -0.635. The van der Waals surface area contributed by atoms with E-state index < -0.39 is 11.3 Å². The monoisotopic (exact) mass is 182 g/mol. The van der Waals surface area contributed by atoms with Gasteiger partial charge in [-0.25, -0.2) is 0 Å². The molecule has 0 N–H and O–H groups in total.